The van der Waals surface area contributed by atoms with Gasteiger partial charge in [0, 0.05) is 12.6 Å². The van der Waals surface area contributed by atoms with Crippen LogP contribution in [0.4, 0.5) is 0 Å². The molecule has 1 aliphatic carbocycles. The van der Waals surface area contributed by atoms with E-state index >= 15 is 0 Å². The Morgan fingerprint density at radius 3 is 2.32 bits per heavy atom. The molecule has 0 heterocycles. The van der Waals surface area contributed by atoms with Crippen molar-refractivity contribution in [2.45, 2.75) is 58.8 Å². The number of hydrogen-bond donors (Lipinski definition) is 1. The van der Waals surface area contributed by atoms with E-state index in [1.165, 1.54) is 24.0 Å². The summed E-state index contributed by atoms with van der Waals surface area (Å²) in [7, 11) is 0. The number of hydrogen-bond acceptors (Lipinski definition) is 2. The molecule has 1 N–H and O–H groups in total. The van der Waals surface area contributed by atoms with E-state index in [2.05, 4.69) is 57.3 Å². The summed E-state index contributed by atoms with van der Waals surface area (Å²) >= 11 is 0. The van der Waals surface area contributed by atoms with Gasteiger partial charge in [-0.3, -0.25) is 0 Å². The molecule has 0 aromatic heterocycles. The van der Waals surface area contributed by atoms with Crippen molar-refractivity contribution in [1.82, 2.24) is 5.32 Å². The lowest BCUT2D eigenvalue weighted by molar-refractivity contribution is -0.0261. The number of benzene rings is 1. The van der Waals surface area contributed by atoms with Gasteiger partial charge in [-0.25, -0.2) is 0 Å². The van der Waals surface area contributed by atoms with Crippen molar-refractivity contribution < 1.29 is 4.74 Å². The normalized spacial score (nSPS) is 18.6. The van der Waals surface area contributed by atoms with Crippen molar-refractivity contribution in [2.75, 3.05) is 6.54 Å². The van der Waals surface area contributed by atoms with Gasteiger partial charge in [0.05, 0.1) is 12.2 Å². The molecule has 2 rings (SSSR count). The maximum absolute atomic E-state index is 6.25. The molecular weight excluding hydrogens is 234 g/mol. The van der Waals surface area contributed by atoms with Crippen LogP contribution < -0.4 is 5.32 Å². The SMILES string of the molecule is Cc1ccc(C(CNC2CC2)OC(C)C(C)C)cc1. The van der Waals surface area contributed by atoms with Crippen molar-refractivity contribution in [3.63, 3.8) is 0 Å². The summed E-state index contributed by atoms with van der Waals surface area (Å²) in [6.07, 6.45) is 3.09. The van der Waals surface area contributed by atoms with E-state index in [1.807, 2.05) is 0 Å². The van der Waals surface area contributed by atoms with E-state index in [-0.39, 0.29) is 12.2 Å². The van der Waals surface area contributed by atoms with Crippen LogP contribution in [0.3, 0.4) is 0 Å². The van der Waals surface area contributed by atoms with Gasteiger partial charge >= 0.3 is 0 Å². The Morgan fingerprint density at radius 1 is 1.16 bits per heavy atom. The standard InChI is InChI=1S/C17H27NO/c1-12(2)14(4)19-17(11-18-16-9-10-16)15-7-5-13(3)6-8-15/h5-8,12,14,16-18H,9-11H2,1-4H3. The third-order valence-corrected chi connectivity index (χ3v) is 3.94. The molecule has 1 aromatic rings. The summed E-state index contributed by atoms with van der Waals surface area (Å²) in [6, 6.07) is 9.46. The molecule has 1 saturated carbocycles. The summed E-state index contributed by atoms with van der Waals surface area (Å²) in [6.45, 7) is 9.64. The van der Waals surface area contributed by atoms with Gasteiger partial charge in [-0.2, -0.15) is 0 Å². The average molecular weight is 261 g/mol. The molecule has 106 valence electrons. The van der Waals surface area contributed by atoms with E-state index in [0.29, 0.717) is 5.92 Å². The second-order valence-corrected chi connectivity index (χ2v) is 6.17. The summed E-state index contributed by atoms with van der Waals surface area (Å²) in [4.78, 5) is 0. The van der Waals surface area contributed by atoms with Crippen LogP contribution in [0.1, 0.15) is 50.8 Å². The number of aryl methyl sites for hydroxylation is 1. The maximum atomic E-state index is 6.25. The van der Waals surface area contributed by atoms with Crippen LogP contribution in [0.25, 0.3) is 0 Å². The van der Waals surface area contributed by atoms with Crippen LogP contribution in [0.5, 0.6) is 0 Å². The van der Waals surface area contributed by atoms with E-state index in [1.54, 1.807) is 0 Å². The number of ether oxygens (including phenoxy) is 1. The Kier molecular flexibility index (Phi) is 5.00. The fourth-order valence-corrected chi connectivity index (χ4v) is 2.00. The second-order valence-electron chi connectivity index (χ2n) is 6.17. The van der Waals surface area contributed by atoms with Gasteiger partial charge < -0.3 is 10.1 Å². The first-order valence-corrected chi connectivity index (χ1v) is 7.51. The van der Waals surface area contributed by atoms with Gasteiger partial charge in [0.15, 0.2) is 0 Å². The monoisotopic (exact) mass is 261 g/mol. The Morgan fingerprint density at radius 2 is 1.79 bits per heavy atom. The van der Waals surface area contributed by atoms with E-state index in [4.69, 9.17) is 4.74 Å². The van der Waals surface area contributed by atoms with Crippen molar-refractivity contribution in [3.05, 3.63) is 35.4 Å². The molecule has 1 aromatic carbocycles. The van der Waals surface area contributed by atoms with Crippen LogP contribution in [-0.2, 0) is 4.74 Å². The number of nitrogens with one attached hydrogen (secondary N) is 1. The molecule has 0 spiro atoms. The minimum absolute atomic E-state index is 0.165. The maximum Gasteiger partial charge on any atom is 0.0953 e. The molecule has 1 fully saturated rings. The smallest absolute Gasteiger partial charge is 0.0953 e. The predicted octanol–water partition coefficient (Wildman–Crippen LogP) is 3.85. The van der Waals surface area contributed by atoms with Gasteiger partial charge in [-0.1, -0.05) is 43.7 Å². The fraction of sp³-hybridized carbons (Fsp3) is 0.647. The highest BCUT2D eigenvalue weighted by Crippen LogP contribution is 2.24. The highest BCUT2D eigenvalue weighted by Gasteiger charge is 2.24. The summed E-state index contributed by atoms with van der Waals surface area (Å²) < 4.78 is 6.25. The van der Waals surface area contributed by atoms with Gasteiger partial charge in [0.2, 0.25) is 0 Å². The minimum atomic E-state index is 0.165. The first-order chi connectivity index (χ1) is 9.06. The minimum Gasteiger partial charge on any atom is -0.369 e. The van der Waals surface area contributed by atoms with Crippen LogP contribution in [0.2, 0.25) is 0 Å². The van der Waals surface area contributed by atoms with E-state index in [0.717, 1.165) is 12.6 Å². The lowest BCUT2D eigenvalue weighted by atomic mass is 10.1. The van der Waals surface area contributed by atoms with Crippen molar-refractivity contribution in [3.8, 4) is 0 Å². The van der Waals surface area contributed by atoms with E-state index < -0.39 is 0 Å². The third-order valence-electron chi connectivity index (χ3n) is 3.94. The van der Waals surface area contributed by atoms with Crippen molar-refractivity contribution in [2.24, 2.45) is 5.92 Å². The molecule has 0 radical (unpaired) electrons. The molecule has 2 unspecified atom stereocenters. The molecule has 19 heavy (non-hydrogen) atoms. The van der Waals surface area contributed by atoms with Crippen LogP contribution >= 0.6 is 0 Å². The van der Waals surface area contributed by atoms with Gasteiger partial charge in [0.25, 0.3) is 0 Å². The average Bonchev–Trinajstić information content (AvgIpc) is 3.19. The predicted molar refractivity (Wildman–Crippen MR) is 80.3 cm³/mol. The van der Waals surface area contributed by atoms with Gasteiger partial charge in [-0.05, 0) is 38.2 Å². The van der Waals surface area contributed by atoms with E-state index in [9.17, 15) is 0 Å². The highest BCUT2D eigenvalue weighted by atomic mass is 16.5. The molecule has 2 atom stereocenters. The molecule has 2 nitrogen and oxygen atoms in total. The summed E-state index contributed by atoms with van der Waals surface area (Å²) in [5, 5.41) is 3.59. The first-order valence-electron chi connectivity index (χ1n) is 7.51. The Balaban J connectivity index is 2.00. The molecule has 0 aliphatic heterocycles. The van der Waals surface area contributed by atoms with Crippen molar-refractivity contribution in [1.29, 1.82) is 0 Å². The summed E-state index contributed by atoms with van der Waals surface area (Å²) in [5.74, 6) is 0.550. The zero-order valence-corrected chi connectivity index (χ0v) is 12.6. The molecular formula is C17H27NO. The molecule has 0 saturated heterocycles. The third kappa shape index (κ3) is 4.63. The Bertz CT molecular complexity index is 381. The molecule has 0 bridgehead atoms. The second kappa shape index (κ2) is 6.53. The zero-order valence-electron chi connectivity index (χ0n) is 12.6. The molecule has 2 heteroatoms. The first kappa shape index (κ1) is 14.5. The van der Waals surface area contributed by atoms with Crippen LogP contribution in [0, 0.1) is 12.8 Å². The largest absolute Gasteiger partial charge is 0.369 e. The Hall–Kier alpha value is -0.860. The van der Waals surface area contributed by atoms with Gasteiger partial charge in [-0.15, -0.1) is 0 Å². The van der Waals surface area contributed by atoms with Gasteiger partial charge in [0.1, 0.15) is 0 Å². The summed E-state index contributed by atoms with van der Waals surface area (Å²) in [5.41, 5.74) is 2.58. The Labute approximate surface area is 117 Å². The fourth-order valence-electron chi connectivity index (χ4n) is 2.00. The lowest BCUT2D eigenvalue weighted by Crippen LogP contribution is -2.29. The van der Waals surface area contributed by atoms with Crippen LogP contribution in [-0.4, -0.2) is 18.7 Å². The molecule has 1 aliphatic rings. The molecule has 0 amide bonds. The lowest BCUT2D eigenvalue weighted by Gasteiger charge is -2.25. The zero-order chi connectivity index (χ0) is 13.8. The quantitative estimate of drug-likeness (QED) is 0.805. The highest BCUT2D eigenvalue weighted by molar-refractivity contribution is 5.23. The number of rotatable bonds is 7. The van der Waals surface area contributed by atoms with Crippen LogP contribution in [0.15, 0.2) is 24.3 Å². The topological polar surface area (TPSA) is 21.3 Å². The van der Waals surface area contributed by atoms with Crippen molar-refractivity contribution >= 4 is 0 Å².